The van der Waals surface area contributed by atoms with Crippen LogP contribution in [0.1, 0.15) is 51.6 Å². The topological polar surface area (TPSA) is 141 Å². The van der Waals surface area contributed by atoms with E-state index in [-0.39, 0.29) is 9.77 Å². The molecule has 1 aromatic carbocycles. The molecular formula is C30H32N4O5S2. The highest BCUT2D eigenvalue weighted by Gasteiger charge is 2.28. The summed E-state index contributed by atoms with van der Waals surface area (Å²) < 4.78 is 40.5. The number of nitrogen functional groups attached to an aromatic ring is 1. The van der Waals surface area contributed by atoms with Crippen LogP contribution in [0.15, 0.2) is 56.0 Å². The molecule has 0 saturated heterocycles. The second-order valence-corrected chi connectivity index (χ2v) is 13.1. The number of fused-ring (bicyclic) bond motifs is 2. The van der Waals surface area contributed by atoms with Crippen LogP contribution in [0.4, 0.5) is 5.82 Å². The number of anilines is 1. The van der Waals surface area contributed by atoms with Crippen molar-refractivity contribution in [3.05, 3.63) is 91.5 Å². The van der Waals surface area contributed by atoms with Crippen LogP contribution in [-0.2, 0) is 29.5 Å². The van der Waals surface area contributed by atoms with E-state index in [9.17, 15) is 17.8 Å². The standard InChI is InChI=1S/C25H24N2O4S2.C5H8N2O/c1-15-13-21-19(16(2)26-15)11-12-23(28)27(21)14-17-7-9-18(10-8-17)24-20-5-3-4-6-22(20)32-25(24)33(29,30)31;1-3-4(2)8-7-5(3)6/h7-13H,3-6,14H2,1-2H3,(H,29,30,31);1-2H3,(H2,6,7). The Kier molecular flexibility index (Phi) is 7.87. The summed E-state index contributed by atoms with van der Waals surface area (Å²) in [4.78, 5) is 18.2. The van der Waals surface area contributed by atoms with Crippen molar-refractivity contribution in [3.63, 3.8) is 0 Å². The van der Waals surface area contributed by atoms with Crippen LogP contribution in [0.3, 0.4) is 0 Å². The lowest BCUT2D eigenvalue weighted by molar-refractivity contribution is 0.399. The largest absolute Gasteiger partial charge is 0.381 e. The number of thiophene rings is 1. The van der Waals surface area contributed by atoms with Crippen molar-refractivity contribution in [3.8, 4) is 11.1 Å². The second-order valence-electron chi connectivity index (χ2n) is 10.3. The van der Waals surface area contributed by atoms with Gasteiger partial charge in [0.15, 0.2) is 10.0 Å². The number of rotatable bonds is 4. The van der Waals surface area contributed by atoms with E-state index in [0.717, 1.165) is 80.9 Å². The van der Waals surface area contributed by atoms with Gasteiger partial charge in [-0.3, -0.25) is 14.3 Å². The Hall–Kier alpha value is -3.80. The van der Waals surface area contributed by atoms with E-state index in [1.54, 1.807) is 10.6 Å². The molecule has 3 N–H and O–H groups in total. The molecule has 6 rings (SSSR count). The third-order valence-corrected chi connectivity index (χ3v) is 10.1. The zero-order chi connectivity index (χ0) is 29.5. The number of pyridine rings is 2. The predicted octanol–water partition coefficient (Wildman–Crippen LogP) is 5.79. The van der Waals surface area contributed by atoms with Crippen LogP contribution in [0.25, 0.3) is 22.0 Å². The smallest absolute Gasteiger partial charge is 0.304 e. The summed E-state index contributed by atoms with van der Waals surface area (Å²) in [5, 5.41) is 4.46. The lowest BCUT2D eigenvalue weighted by Crippen LogP contribution is -2.20. The zero-order valence-electron chi connectivity index (χ0n) is 23.4. The number of nitrogens with two attached hydrogens (primary N) is 1. The van der Waals surface area contributed by atoms with Gasteiger partial charge in [0.05, 0.1) is 12.1 Å². The molecule has 0 aliphatic heterocycles. The van der Waals surface area contributed by atoms with Gasteiger partial charge < -0.3 is 14.8 Å². The van der Waals surface area contributed by atoms with Gasteiger partial charge in [0.25, 0.3) is 5.56 Å². The fraction of sp³-hybridized carbons (Fsp3) is 0.300. The molecule has 0 saturated carbocycles. The van der Waals surface area contributed by atoms with Crippen molar-refractivity contribution in [1.29, 1.82) is 0 Å². The maximum absolute atomic E-state index is 12.7. The van der Waals surface area contributed by atoms with Crippen molar-refractivity contribution in [2.24, 2.45) is 0 Å². The molecule has 4 heterocycles. The van der Waals surface area contributed by atoms with Crippen molar-refractivity contribution in [2.75, 3.05) is 5.73 Å². The van der Waals surface area contributed by atoms with Crippen molar-refractivity contribution in [2.45, 2.75) is 64.1 Å². The summed E-state index contributed by atoms with van der Waals surface area (Å²) in [5.74, 6) is 1.28. The van der Waals surface area contributed by atoms with Crippen LogP contribution < -0.4 is 11.3 Å². The Morgan fingerprint density at radius 2 is 1.76 bits per heavy atom. The van der Waals surface area contributed by atoms with E-state index in [4.69, 9.17) is 10.3 Å². The first-order valence-corrected chi connectivity index (χ1v) is 15.6. The second kappa shape index (κ2) is 11.2. The molecular weight excluding hydrogens is 560 g/mol. The lowest BCUT2D eigenvalue weighted by atomic mass is 9.92. The first kappa shape index (κ1) is 28.7. The molecule has 41 heavy (non-hydrogen) atoms. The summed E-state index contributed by atoms with van der Waals surface area (Å²) in [6, 6.07) is 12.9. The van der Waals surface area contributed by atoms with E-state index in [2.05, 4.69) is 10.1 Å². The van der Waals surface area contributed by atoms with Gasteiger partial charge >= 0.3 is 10.1 Å². The SMILES string of the molecule is Cc1cc2c(ccc(=O)n2Cc2ccc(-c3c(S(=O)(=O)O)sc4c3CCCC4)cc2)c(C)n1.Cc1onc(N)c1C. The number of hydrogen-bond donors (Lipinski definition) is 2. The molecule has 0 bridgehead atoms. The monoisotopic (exact) mass is 592 g/mol. The number of nitrogens with zero attached hydrogens (tertiary/aromatic N) is 3. The Balaban J connectivity index is 0.000000365. The van der Waals surface area contributed by atoms with Crippen molar-refractivity contribution < 1.29 is 17.5 Å². The highest BCUT2D eigenvalue weighted by Crippen LogP contribution is 2.43. The zero-order valence-corrected chi connectivity index (χ0v) is 25.0. The van der Waals surface area contributed by atoms with E-state index < -0.39 is 10.1 Å². The minimum Gasteiger partial charge on any atom is -0.381 e. The Morgan fingerprint density at radius 1 is 1.05 bits per heavy atom. The minimum absolute atomic E-state index is 0.0332. The summed E-state index contributed by atoms with van der Waals surface area (Å²) in [6.07, 6.45) is 3.71. The van der Waals surface area contributed by atoms with E-state index in [1.165, 1.54) is 11.3 Å². The molecule has 4 aromatic heterocycles. The van der Waals surface area contributed by atoms with Crippen LogP contribution in [0.2, 0.25) is 0 Å². The number of aryl methyl sites for hydroxylation is 4. The predicted molar refractivity (Wildman–Crippen MR) is 161 cm³/mol. The first-order chi connectivity index (χ1) is 19.4. The molecule has 9 nitrogen and oxygen atoms in total. The van der Waals surface area contributed by atoms with Crippen LogP contribution in [0.5, 0.6) is 0 Å². The number of benzene rings is 1. The summed E-state index contributed by atoms with van der Waals surface area (Å²) >= 11 is 1.19. The molecule has 5 aromatic rings. The quantitative estimate of drug-likeness (QED) is 0.250. The average Bonchev–Trinajstić information content (AvgIpc) is 3.47. The van der Waals surface area contributed by atoms with Crippen molar-refractivity contribution in [1.82, 2.24) is 14.7 Å². The van der Waals surface area contributed by atoms with Crippen molar-refractivity contribution >= 4 is 38.2 Å². The fourth-order valence-electron chi connectivity index (χ4n) is 5.18. The third kappa shape index (κ3) is 5.83. The number of aromatic nitrogens is 3. The molecule has 0 amide bonds. The van der Waals surface area contributed by atoms with Gasteiger partial charge in [-0.15, -0.1) is 11.3 Å². The molecule has 0 atom stereocenters. The van der Waals surface area contributed by atoms with Gasteiger partial charge in [-0.2, -0.15) is 8.42 Å². The highest BCUT2D eigenvalue weighted by molar-refractivity contribution is 7.88. The van der Waals surface area contributed by atoms with Crippen LogP contribution >= 0.6 is 11.3 Å². The van der Waals surface area contributed by atoms with Crippen LogP contribution in [0, 0.1) is 27.7 Å². The fourth-order valence-corrected chi connectivity index (χ4v) is 7.55. The molecule has 0 unspecified atom stereocenters. The van der Waals surface area contributed by atoms with Gasteiger partial charge in [-0.05, 0) is 82.2 Å². The average molecular weight is 593 g/mol. The van der Waals surface area contributed by atoms with Gasteiger partial charge in [0, 0.05) is 38.8 Å². The Morgan fingerprint density at radius 3 is 2.37 bits per heavy atom. The lowest BCUT2D eigenvalue weighted by Gasteiger charge is -2.14. The number of hydrogen-bond acceptors (Lipinski definition) is 8. The molecule has 0 fully saturated rings. The third-order valence-electron chi connectivity index (χ3n) is 7.45. The maximum Gasteiger partial charge on any atom is 0.304 e. The molecule has 214 valence electrons. The van der Waals surface area contributed by atoms with Gasteiger partial charge in [0.2, 0.25) is 0 Å². The van der Waals surface area contributed by atoms with Gasteiger partial charge in [-0.25, -0.2) is 0 Å². The summed E-state index contributed by atoms with van der Waals surface area (Å²) in [7, 11) is -4.31. The van der Waals surface area contributed by atoms with E-state index in [0.29, 0.717) is 17.9 Å². The summed E-state index contributed by atoms with van der Waals surface area (Å²) in [6.45, 7) is 7.96. The summed E-state index contributed by atoms with van der Waals surface area (Å²) in [5.41, 5.74) is 12.1. The maximum atomic E-state index is 12.7. The molecule has 1 aliphatic carbocycles. The van der Waals surface area contributed by atoms with Crippen LogP contribution in [-0.4, -0.2) is 27.7 Å². The highest BCUT2D eigenvalue weighted by atomic mass is 32.3. The first-order valence-electron chi connectivity index (χ1n) is 13.3. The molecule has 0 spiro atoms. The van der Waals surface area contributed by atoms with E-state index in [1.807, 2.05) is 64.1 Å². The molecule has 1 aliphatic rings. The van der Waals surface area contributed by atoms with E-state index >= 15 is 0 Å². The molecule has 11 heteroatoms. The Labute approximate surface area is 242 Å². The molecule has 0 radical (unpaired) electrons. The van der Waals surface area contributed by atoms with Gasteiger partial charge in [0.1, 0.15) is 5.76 Å². The Bertz CT molecular complexity index is 1900. The van der Waals surface area contributed by atoms with Gasteiger partial charge in [-0.1, -0.05) is 29.4 Å². The minimum atomic E-state index is -4.31. The normalized spacial score (nSPS) is 13.1.